The maximum Gasteiger partial charge on any atom is 0.343 e. The molecule has 1 amide bonds. The van der Waals surface area contributed by atoms with E-state index in [2.05, 4.69) is 33.4 Å². The van der Waals surface area contributed by atoms with Crippen LogP contribution in [0.4, 0.5) is 0 Å². The third kappa shape index (κ3) is 14.5. The van der Waals surface area contributed by atoms with E-state index in [1.165, 1.54) is 89.7 Å². The zero-order chi connectivity index (χ0) is 28.1. The number of carbonyl (C=O) groups is 2. The summed E-state index contributed by atoms with van der Waals surface area (Å²) in [5.41, 5.74) is 4.55. The molecule has 2 aromatic rings. The van der Waals surface area contributed by atoms with Crippen molar-refractivity contribution in [1.29, 1.82) is 0 Å². The molecule has 2 rings (SSSR count). The molecule has 0 aliphatic heterocycles. The van der Waals surface area contributed by atoms with Crippen LogP contribution in [0.15, 0.2) is 52.0 Å². The fourth-order valence-electron chi connectivity index (χ4n) is 4.56. The first-order chi connectivity index (χ1) is 19.0. The summed E-state index contributed by atoms with van der Waals surface area (Å²) >= 11 is 3.44. The van der Waals surface area contributed by atoms with Crippen molar-refractivity contribution >= 4 is 34.0 Å². The molecule has 2 aromatic carbocycles. The maximum atomic E-state index is 12.6. The number of halogens is 1. The molecule has 0 heterocycles. The van der Waals surface area contributed by atoms with Crippen molar-refractivity contribution in [2.45, 2.75) is 117 Å². The molecule has 0 bridgehead atoms. The number of carbonyl (C=O) groups excluding carboxylic acids is 2. The Balaban J connectivity index is 1.58. The second kappa shape index (κ2) is 20.4. The number of aryl methyl sites for hydroxylation is 1. The number of hydrogen-bond acceptors (Lipinski definition) is 4. The quantitative estimate of drug-likeness (QED) is 0.0542. The van der Waals surface area contributed by atoms with Gasteiger partial charge >= 0.3 is 5.97 Å². The molecule has 0 fully saturated rings. The van der Waals surface area contributed by atoms with Crippen molar-refractivity contribution in [2.75, 3.05) is 0 Å². The van der Waals surface area contributed by atoms with Crippen LogP contribution in [-0.4, -0.2) is 18.1 Å². The summed E-state index contributed by atoms with van der Waals surface area (Å²) in [6.45, 7) is 4.14. The average molecular weight is 600 g/mol. The van der Waals surface area contributed by atoms with E-state index in [9.17, 15) is 9.59 Å². The van der Waals surface area contributed by atoms with Crippen LogP contribution in [0.3, 0.4) is 0 Å². The lowest BCUT2D eigenvalue weighted by atomic mass is 10.0. The van der Waals surface area contributed by atoms with Gasteiger partial charge in [0.05, 0.1) is 11.8 Å². The van der Waals surface area contributed by atoms with Gasteiger partial charge in [-0.2, -0.15) is 5.10 Å². The molecular weight excluding hydrogens is 552 g/mol. The predicted octanol–water partition coefficient (Wildman–Crippen LogP) is 9.69. The number of hydrogen-bond donors (Lipinski definition) is 1. The number of unbranched alkanes of at least 4 members (excludes halogenated alkanes) is 14. The number of esters is 1. The molecule has 0 saturated carbocycles. The third-order valence-corrected chi connectivity index (χ3v) is 7.43. The third-order valence-electron chi connectivity index (χ3n) is 6.94. The minimum atomic E-state index is -0.428. The summed E-state index contributed by atoms with van der Waals surface area (Å²) in [5.74, 6) is -0.150. The van der Waals surface area contributed by atoms with E-state index >= 15 is 0 Å². The smallest absolute Gasteiger partial charge is 0.343 e. The zero-order valence-corrected chi connectivity index (χ0v) is 25.6. The van der Waals surface area contributed by atoms with Crippen LogP contribution < -0.4 is 10.2 Å². The highest BCUT2D eigenvalue weighted by molar-refractivity contribution is 9.10. The van der Waals surface area contributed by atoms with Crippen molar-refractivity contribution in [3.63, 3.8) is 0 Å². The fourth-order valence-corrected chi connectivity index (χ4v) is 4.94. The van der Waals surface area contributed by atoms with Gasteiger partial charge in [0.25, 0.3) is 0 Å². The standard InChI is InChI=1S/C33H47BrN2O3/c1-3-4-5-6-7-8-9-10-11-12-13-14-15-16-17-22-32(37)36-35-26-28-25-29(34)23-24-31(28)39-33(38)30-21-19-18-20-27(30)2/h18-21,23-26H,3-17,22H2,1-2H3,(H,36,37)/b35-26+. The molecule has 0 aliphatic rings. The lowest BCUT2D eigenvalue weighted by molar-refractivity contribution is -0.121. The monoisotopic (exact) mass is 598 g/mol. The largest absolute Gasteiger partial charge is 0.422 e. The molecule has 0 atom stereocenters. The van der Waals surface area contributed by atoms with Gasteiger partial charge in [0, 0.05) is 16.5 Å². The Morgan fingerprint density at radius 3 is 1.97 bits per heavy atom. The molecule has 0 aromatic heterocycles. The summed E-state index contributed by atoms with van der Waals surface area (Å²) in [6.07, 6.45) is 21.5. The number of nitrogens with one attached hydrogen (secondary N) is 1. The molecule has 5 nitrogen and oxygen atoms in total. The normalized spacial score (nSPS) is 11.2. The Kier molecular flexibility index (Phi) is 17.2. The second-order valence-corrected chi connectivity index (χ2v) is 11.3. The van der Waals surface area contributed by atoms with Gasteiger partial charge in [-0.05, 0) is 43.2 Å². The Morgan fingerprint density at radius 1 is 0.821 bits per heavy atom. The van der Waals surface area contributed by atoms with Gasteiger partial charge in [0.2, 0.25) is 5.91 Å². The fraction of sp³-hybridized carbons (Fsp3) is 0.545. The Labute approximate surface area is 244 Å². The Bertz CT molecular complexity index is 1020. The SMILES string of the molecule is CCCCCCCCCCCCCCCCCC(=O)N/N=C/c1cc(Br)ccc1OC(=O)c1ccccc1C. The lowest BCUT2D eigenvalue weighted by Crippen LogP contribution is -2.17. The molecule has 214 valence electrons. The lowest BCUT2D eigenvalue weighted by Gasteiger charge is -2.09. The van der Waals surface area contributed by atoms with E-state index in [1.54, 1.807) is 24.3 Å². The molecular formula is C33H47BrN2O3. The number of benzene rings is 2. The second-order valence-electron chi connectivity index (χ2n) is 10.4. The van der Waals surface area contributed by atoms with Crippen molar-refractivity contribution < 1.29 is 14.3 Å². The van der Waals surface area contributed by atoms with Crippen LogP contribution in [0.5, 0.6) is 5.75 Å². The number of ether oxygens (including phenoxy) is 1. The van der Waals surface area contributed by atoms with Crippen LogP contribution in [-0.2, 0) is 4.79 Å². The van der Waals surface area contributed by atoms with E-state index in [4.69, 9.17) is 4.74 Å². The molecule has 0 unspecified atom stereocenters. The van der Waals surface area contributed by atoms with Gasteiger partial charge < -0.3 is 4.74 Å². The first-order valence-corrected chi connectivity index (χ1v) is 15.7. The van der Waals surface area contributed by atoms with Crippen LogP contribution in [0.25, 0.3) is 0 Å². The zero-order valence-electron chi connectivity index (χ0n) is 24.0. The van der Waals surface area contributed by atoms with E-state index < -0.39 is 5.97 Å². The van der Waals surface area contributed by atoms with Crippen molar-refractivity contribution in [3.05, 3.63) is 63.6 Å². The summed E-state index contributed by atoms with van der Waals surface area (Å²) in [6, 6.07) is 12.6. The first kappa shape index (κ1) is 32.7. The highest BCUT2D eigenvalue weighted by Gasteiger charge is 2.13. The minimum absolute atomic E-state index is 0.102. The molecule has 0 saturated heterocycles. The summed E-state index contributed by atoms with van der Waals surface area (Å²) in [4.78, 5) is 24.8. The number of hydrazone groups is 1. The van der Waals surface area contributed by atoms with Crippen LogP contribution >= 0.6 is 15.9 Å². The van der Waals surface area contributed by atoms with Crippen molar-refractivity contribution in [2.24, 2.45) is 5.10 Å². The van der Waals surface area contributed by atoms with Crippen LogP contribution in [0.1, 0.15) is 131 Å². The average Bonchev–Trinajstić information content (AvgIpc) is 2.92. The molecule has 1 N–H and O–H groups in total. The molecule has 39 heavy (non-hydrogen) atoms. The molecule has 0 aliphatic carbocycles. The van der Waals surface area contributed by atoms with Crippen LogP contribution in [0.2, 0.25) is 0 Å². The maximum absolute atomic E-state index is 12.6. The highest BCUT2D eigenvalue weighted by Crippen LogP contribution is 2.23. The number of amides is 1. The highest BCUT2D eigenvalue weighted by atomic mass is 79.9. The summed E-state index contributed by atoms with van der Waals surface area (Å²) in [5, 5.41) is 4.09. The predicted molar refractivity (Wildman–Crippen MR) is 166 cm³/mol. The number of rotatable bonds is 20. The van der Waals surface area contributed by atoms with Gasteiger partial charge in [-0.15, -0.1) is 0 Å². The molecule has 6 heteroatoms. The Hall–Kier alpha value is -2.47. The van der Waals surface area contributed by atoms with Gasteiger partial charge in [0.1, 0.15) is 5.75 Å². The van der Waals surface area contributed by atoms with E-state index in [1.807, 2.05) is 25.1 Å². The van der Waals surface area contributed by atoms with E-state index in [0.29, 0.717) is 23.3 Å². The van der Waals surface area contributed by atoms with Crippen LogP contribution in [0, 0.1) is 6.92 Å². The van der Waals surface area contributed by atoms with Gasteiger partial charge in [-0.25, -0.2) is 10.2 Å². The van der Waals surface area contributed by atoms with Crippen molar-refractivity contribution in [3.8, 4) is 5.75 Å². The molecule has 0 radical (unpaired) electrons. The summed E-state index contributed by atoms with van der Waals surface area (Å²) < 4.78 is 6.44. The van der Waals surface area contributed by atoms with Crippen molar-refractivity contribution in [1.82, 2.24) is 5.43 Å². The van der Waals surface area contributed by atoms with Gasteiger partial charge in [0.15, 0.2) is 0 Å². The Morgan fingerprint density at radius 2 is 1.38 bits per heavy atom. The summed E-state index contributed by atoms with van der Waals surface area (Å²) in [7, 11) is 0. The topological polar surface area (TPSA) is 67.8 Å². The first-order valence-electron chi connectivity index (χ1n) is 14.9. The minimum Gasteiger partial charge on any atom is -0.422 e. The van der Waals surface area contributed by atoms with Gasteiger partial charge in [-0.1, -0.05) is 131 Å². The number of nitrogens with zero attached hydrogens (tertiary/aromatic N) is 1. The molecule has 0 spiro atoms. The van der Waals surface area contributed by atoms with Gasteiger partial charge in [-0.3, -0.25) is 4.79 Å². The van der Waals surface area contributed by atoms with E-state index in [-0.39, 0.29) is 5.91 Å². The van der Waals surface area contributed by atoms with E-state index in [0.717, 1.165) is 22.9 Å².